The summed E-state index contributed by atoms with van der Waals surface area (Å²) in [4.78, 5) is 21.8. The lowest BCUT2D eigenvalue weighted by Gasteiger charge is -2.10. The molecule has 0 radical (unpaired) electrons. The summed E-state index contributed by atoms with van der Waals surface area (Å²) in [6.45, 7) is 0.271. The molecule has 1 amide bonds. The number of carboxylic acids is 1. The largest absolute Gasteiger partial charge is 0.481 e. The van der Waals surface area contributed by atoms with Gasteiger partial charge in [-0.1, -0.05) is 23.7 Å². The predicted octanol–water partition coefficient (Wildman–Crippen LogP) is 0.758. The maximum atomic E-state index is 11.4. The summed E-state index contributed by atoms with van der Waals surface area (Å²) >= 11 is 5.78. The number of halogens is 1. The first-order valence-corrected chi connectivity index (χ1v) is 5.36. The van der Waals surface area contributed by atoms with Crippen LogP contribution in [0.2, 0.25) is 5.02 Å². The van der Waals surface area contributed by atoms with Crippen molar-refractivity contribution in [3.05, 3.63) is 34.9 Å². The summed E-state index contributed by atoms with van der Waals surface area (Å²) < 4.78 is 0. The van der Waals surface area contributed by atoms with Crippen LogP contribution in [0, 0.1) is 0 Å². The molecule has 92 valence electrons. The lowest BCUT2D eigenvalue weighted by atomic mass is 10.2. The molecule has 0 fully saturated rings. The third kappa shape index (κ3) is 4.84. The van der Waals surface area contributed by atoms with Gasteiger partial charge in [0.05, 0.1) is 12.5 Å². The smallest absolute Gasteiger partial charge is 0.305 e. The summed E-state index contributed by atoms with van der Waals surface area (Å²) in [7, 11) is 0. The molecule has 0 spiro atoms. The highest BCUT2D eigenvalue weighted by Gasteiger charge is 2.16. The minimum atomic E-state index is -1.10. The molecule has 0 heterocycles. The van der Waals surface area contributed by atoms with Crippen LogP contribution >= 0.6 is 11.6 Å². The molecule has 1 aromatic rings. The molecule has 4 N–H and O–H groups in total. The second-order valence-electron chi connectivity index (χ2n) is 3.55. The lowest BCUT2D eigenvalue weighted by Crippen LogP contribution is -2.41. The first-order valence-electron chi connectivity index (χ1n) is 4.98. The van der Waals surface area contributed by atoms with Crippen LogP contribution in [-0.2, 0) is 16.1 Å². The van der Waals surface area contributed by atoms with Gasteiger partial charge in [0.25, 0.3) is 0 Å². The summed E-state index contributed by atoms with van der Waals surface area (Å²) in [5.74, 6) is -1.59. The lowest BCUT2D eigenvalue weighted by molar-refractivity contribution is -0.139. The standard InChI is InChI=1S/C11H13ClN2O3/c12-8-3-1-2-7(4-8)6-14-11(17)9(13)5-10(15)16/h1-4,9H,5-6,13H2,(H,14,17)(H,15,16). The SMILES string of the molecule is NC(CC(=O)O)C(=O)NCc1cccc(Cl)c1. The van der Waals surface area contributed by atoms with Crippen LogP contribution in [0.3, 0.4) is 0 Å². The number of carbonyl (C=O) groups excluding carboxylic acids is 1. The van der Waals surface area contributed by atoms with E-state index in [1.54, 1.807) is 24.3 Å². The van der Waals surface area contributed by atoms with Gasteiger partial charge in [-0.2, -0.15) is 0 Å². The molecular weight excluding hydrogens is 244 g/mol. The van der Waals surface area contributed by atoms with Crippen molar-refractivity contribution in [3.63, 3.8) is 0 Å². The van der Waals surface area contributed by atoms with Crippen molar-refractivity contribution in [2.75, 3.05) is 0 Å². The predicted molar refractivity (Wildman–Crippen MR) is 63.5 cm³/mol. The van der Waals surface area contributed by atoms with Gasteiger partial charge >= 0.3 is 5.97 Å². The van der Waals surface area contributed by atoms with Crippen molar-refractivity contribution in [1.82, 2.24) is 5.32 Å². The van der Waals surface area contributed by atoms with Crippen molar-refractivity contribution < 1.29 is 14.7 Å². The van der Waals surface area contributed by atoms with Gasteiger partial charge in [-0.05, 0) is 17.7 Å². The van der Waals surface area contributed by atoms with Crippen molar-refractivity contribution in [2.24, 2.45) is 5.73 Å². The molecule has 0 aromatic heterocycles. The number of hydrogen-bond acceptors (Lipinski definition) is 3. The molecule has 0 saturated carbocycles. The van der Waals surface area contributed by atoms with E-state index in [0.717, 1.165) is 5.56 Å². The van der Waals surface area contributed by atoms with Gasteiger partial charge in [-0.25, -0.2) is 0 Å². The zero-order valence-corrected chi connectivity index (χ0v) is 9.78. The fourth-order valence-electron chi connectivity index (χ4n) is 1.25. The van der Waals surface area contributed by atoms with E-state index >= 15 is 0 Å². The molecule has 0 aliphatic rings. The minimum absolute atomic E-state index is 0.271. The van der Waals surface area contributed by atoms with E-state index in [2.05, 4.69) is 5.32 Å². The first kappa shape index (κ1) is 13.5. The highest BCUT2D eigenvalue weighted by molar-refractivity contribution is 6.30. The normalized spacial score (nSPS) is 11.9. The Morgan fingerprint density at radius 2 is 2.18 bits per heavy atom. The van der Waals surface area contributed by atoms with E-state index < -0.39 is 17.9 Å². The third-order valence-electron chi connectivity index (χ3n) is 2.09. The minimum Gasteiger partial charge on any atom is -0.481 e. The number of benzene rings is 1. The van der Waals surface area contributed by atoms with Crippen LogP contribution in [0.15, 0.2) is 24.3 Å². The van der Waals surface area contributed by atoms with Gasteiger partial charge in [0.15, 0.2) is 0 Å². The van der Waals surface area contributed by atoms with Crippen LogP contribution in [0.4, 0.5) is 0 Å². The van der Waals surface area contributed by atoms with E-state index in [1.165, 1.54) is 0 Å². The number of nitrogens with one attached hydrogen (secondary N) is 1. The van der Waals surface area contributed by atoms with Crippen LogP contribution in [0.25, 0.3) is 0 Å². The summed E-state index contributed by atoms with van der Waals surface area (Å²) in [6.07, 6.45) is -0.388. The van der Waals surface area contributed by atoms with Crippen LogP contribution in [0.5, 0.6) is 0 Å². The molecule has 0 bridgehead atoms. The van der Waals surface area contributed by atoms with Crippen LogP contribution in [-0.4, -0.2) is 23.0 Å². The second-order valence-corrected chi connectivity index (χ2v) is 3.99. The Morgan fingerprint density at radius 3 is 2.76 bits per heavy atom. The fraction of sp³-hybridized carbons (Fsp3) is 0.273. The molecule has 5 nitrogen and oxygen atoms in total. The number of aliphatic carboxylic acids is 1. The molecule has 1 unspecified atom stereocenters. The molecular formula is C11H13ClN2O3. The quantitative estimate of drug-likeness (QED) is 0.725. The van der Waals surface area contributed by atoms with Crippen molar-refractivity contribution in [3.8, 4) is 0 Å². The number of rotatable bonds is 5. The van der Waals surface area contributed by atoms with E-state index in [9.17, 15) is 9.59 Å². The Balaban J connectivity index is 2.45. The van der Waals surface area contributed by atoms with Crippen LogP contribution in [0.1, 0.15) is 12.0 Å². The average Bonchev–Trinajstić information content (AvgIpc) is 2.25. The molecule has 6 heteroatoms. The zero-order chi connectivity index (χ0) is 12.8. The first-order chi connectivity index (χ1) is 7.99. The Morgan fingerprint density at radius 1 is 1.47 bits per heavy atom. The highest BCUT2D eigenvalue weighted by Crippen LogP contribution is 2.10. The highest BCUT2D eigenvalue weighted by atomic mass is 35.5. The molecule has 17 heavy (non-hydrogen) atoms. The summed E-state index contributed by atoms with van der Waals surface area (Å²) in [5, 5.41) is 11.6. The Hall–Kier alpha value is -1.59. The monoisotopic (exact) mass is 256 g/mol. The topological polar surface area (TPSA) is 92.4 Å². The average molecular weight is 257 g/mol. The Labute approximate surface area is 104 Å². The summed E-state index contributed by atoms with van der Waals surface area (Å²) in [6, 6.07) is 5.97. The van der Waals surface area contributed by atoms with Gasteiger partial charge in [-0.3, -0.25) is 9.59 Å². The molecule has 0 aliphatic heterocycles. The van der Waals surface area contributed by atoms with E-state index in [4.69, 9.17) is 22.4 Å². The maximum absolute atomic E-state index is 11.4. The Bertz CT molecular complexity index is 423. The van der Waals surface area contributed by atoms with Gasteiger partial charge in [0.1, 0.15) is 0 Å². The van der Waals surface area contributed by atoms with E-state index in [1.807, 2.05) is 0 Å². The second kappa shape index (κ2) is 6.22. The molecule has 0 saturated heterocycles. The number of carbonyl (C=O) groups is 2. The third-order valence-corrected chi connectivity index (χ3v) is 2.32. The summed E-state index contributed by atoms with van der Waals surface area (Å²) in [5.41, 5.74) is 6.22. The number of nitrogens with two attached hydrogens (primary N) is 1. The molecule has 0 aliphatic carbocycles. The Kier molecular flexibility index (Phi) is 4.93. The molecule has 1 rings (SSSR count). The maximum Gasteiger partial charge on any atom is 0.305 e. The van der Waals surface area contributed by atoms with Gasteiger partial charge in [0, 0.05) is 11.6 Å². The molecule has 1 atom stereocenters. The van der Waals surface area contributed by atoms with Crippen molar-refractivity contribution in [2.45, 2.75) is 19.0 Å². The van der Waals surface area contributed by atoms with E-state index in [-0.39, 0.29) is 13.0 Å². The van der Waals surface area contributed by atoms with Crippen molar-refractivity contribution in [1.29, 1.82) is 0 Å². The van der Waals surface area contributed by atoms with Crippen molar-refractivity contribution >= 4 is 23.5 Å². The molecule has 1 aromatic carbocycles. The number of amides is 1. The van der Waals surface area contributed by atoms with Crippen LogP contribution < -0.4 is 11.1 Å². The number of hydrogen-bond donors (Lipinski definition) is 3. The fourth-order valence-corrected chi connectivity index (χ4v) is 1.46. The van der Waals surface area contributed by atoms with E-state index in [0.29, 0.717) is 5.02 Å². The number of carboxylic acid groups (broad SMARTS) is 1. The van der Waals surface area contributed by atoms with Gasteiger partial charge in [-0.15, -0.1) is 0 Å². The van der Waals surface area contributed by atoms with Gasteiger partial charge in [0.2, 0.25) is 5.91 Å². The van der Waals surface area contributed by atoms with Gasteiger partial charge < -0.3 is 16.2 Å². The zero-order valence-electron chi connectivity index (χ0n) is 9.02.